The van der Waals surface area contributed by atoms with Crippen molar-refractivity contribution in [1.82, 2.24) is 5.32 Å². The van der Waals surface area contributed by atoms with Crippen LogP contribution in [0.1, 0.15) is 31.7 Å². The number of rotatable bonds is 5. The van der Waals surface area contributed by atoms with Crippen molar-refractivity contribution in [3.63, 3.8) is 0 Å². The second kappa shape index (κ2) is 8.04. The average Bonchev–Trinajstić information content (AvgIpc) is 2.55. The SMILES string of the molecule is CCOC(=O)C(C#N)=C1C=C(NCc2ccccc2)CCC1. The Kier molecular flexibility index (Phi) is 5.79. The first-order chi connectivity index (χ1) is 10.7. The van der Waals surface area contributed by atoms with E-state index in [1.807, 2.05) is 30.3 Å². The first-order valence-electron chi connectivity index (χ1n) is 7.53. The quantitative estimate of drug-likeness (QED) is 0.515. The van der Waals surface area contributed by atoms with Crippen LogP contribution in [0, 0.1) is 11.3 Å². The van der Waals surface area contributed by atoms with Gasteiger partial charge >= 0.3 is 5.97 Å². The summed E-state index contributed by atoms with van der Waals surface area (Å²) >= 11 is 0. The third-order valence-corrected chi connectivity index (χ3v) is 3.52. The molecule has 22 heavy (non-hydrogen) atoms. The lowest BCUT2D eigenvalue weighted by atomic mass is 9.95. The lowest BCUT2D eigenvalue weighted by molar-refractivity contribution is -0.138. The lowest BCUT2D eigenvalue weighted by Crippen LogP contribution is -2.17. The maximum atomic E-state index is 11.8. The number of benzene rings is 1. The largest absolute Gasteiger partial charge is 0.462 e. The number of allylic oxidation sites excluding steroid dienone is 3. The van der Waals surface area contributed by atoms with Crippen molar-refractivity contribution < 1.29 is 9.53 Å². The highest BCUT2D eigenvalue weighted by Gasteiger charge is 2.18. The molecule has 1 aromatic rings. The molecule has 4 heteroatoms. The van der Waals surface area contributed by atoms with Gasteiger partial charge in [-0.15, -0.1) is 0 Å². The van der Waals surface area contributed by atoms with E-state index < -0.39 is 5.97 Å². The first kappa shape index (κ1) is 15.8. The highest BCUT2D eigenvalue weighted by atomic mass is 16.5. The van der Waals surface area contributed by atoms with E-state index in [0.29, 0.717) is 0 Å². The zero-order chi connectivity index (χ0) is 15.8. The molecule has 0 saturated heterocycles. The van der Waals surface area contributed by atoms with E-state index in [9.17, 15) is 10.1 Å². The van der Waals surface area contributed by atoms with E-state index in [-0.39, 0.29) is 12.2 Å². The molecule has 1 aliphatic rings. The molecule has 4 nitrogen and oxygen atoms in total. The molecule has 0 atom stereocenters. The van der Waals surface area contributed by atoms with Crippen LogP contribution in [0.15, 0.2) is 53.3 Å². The zero-order valence-corrected chi connectivity index (χ0v) is 12.8. The van der Waals surface area contributed by atoms with Gasteiger partial charge in [0.05, 0.1) is 6.61 Å². The molecule has 2 rings (SSSR count). The summed E-state index contributed by atoms with van der Waals surface area (Å²) in [6.07, 6.45) is 4.51. The highest BCUT2D eigenvalue weighted by molar-refractivity contribution is 5.94. The van der Waals surface area contributed by atoms with Gasteiger partial charge in [0.1, 0.15) is 11.6 Å². The number of hydrogen-bond acceptors (Lipinski definition) is 4. The van der Waals surface area contributed by atoms with Gasteiger partial charge in [0.15, 0.2) is 0 Å². The van der Waals surface area contributed by atoms with Gasteiger partial charge in [-0.2, -0.15) is 5.26 Å². The smallest absolute Gasteiger partial charge is 0.349 e. The molecular weight excluding hydrogens is 276 g/mol. The van der Waals surface area contributed by atoms with E-state index >= 15 is 0 Å². The van der Waals surface area contributed by atoms with Gasteiger partial charge in [0.2, 0.25) is 0 Å². The molecule has 0 amide bonds. The van der Waals surface area contributed by atoms with Crippen LogP contribution in [0.5, 0.6) is 0 Å². The average molecular weight is 296 g/mol. The minimum atomic E-state index is -0.527. The number of carbonyl (C=O) groups is 1. The van der Waals surface area contributed by atoms with Gasteiger partial charge in [-0.25, -0.2) is 4.79 Å². The fourth-order valence-electron chi connectivity index (χ4n) is 2.42. The molecule has 1 aromatic carbocycles. The summed E-state index contributed by atoms with van der Waals surface area (Å²) in [5.41, 5.74) is 3.15. The molecule has 1 N–H and O–H groups in total. The van der Waals surface area contributed by atoms with Crippen molar-refractivity contribution in [3.8, 4) is 6.07 Å². The predicted molar refractivity (Wildman–Crippen MR) is 84.5 cm³/mol. The standard InChI is InChI=1S/C18H20N2O2/c1-2-22-18(21)17(12-19)15-9-6-10-16(11-15)20-13-14-7-4-3-5-8-14/h3-5,7-8,11,20H,2,6,9-10,13H2,1H3. The third kappa shape index (κ3) is 4.23. The van der Waals surface area contributed by atoms with E-state index in [1.54, 1.807) is 6.92 Å². The Labute approximate surface area is 131 Å². The molecule has 0 aromatic heterocycles. The number of nitriles is 1. The minimum Gasteiger partial charge on any atom is -0.462 e. The van der Waals surface area contributed by atoms with E-state index in [4.69, 9.17) is 4.74 Å². The molecule has 0 fully saturated rings. The van der Waals surface area contributed by atoms with Crippen LogP contribution >= 0.6 is 0 Å². The zero-order valence-electron chi connectivity index (χ0n) is 12.8. The molecule has 0 heterocycles. The van der Waals surface area contributed by atoms with Crippen molar-refractivity contribution in [2.24, 2.45) is 0 Å². The Morgan fingerprint density at radius 2 is 2.09 bits per heavy atom. The van der Waals surface area contributed by atoms with Crippen LogP contribution in [0.3, 0.4) is 0 Å². The van der Waals surface area contributed by atoms with Crippen LogP contribution in [0.25, 0.3) is 0 Å². The first-order valence-corrected chi connectivity index (χ1v) is 7.53. The summed E-state index contributed by atoms with van der Waals surface area (Å²) in [4.78, 5) is 11.8. The molecule has 0 bridgehead atoms. The Hall–Kier alpha value is -2.54. The van der Waals surface area contributed by atoms with Gasteiger partial charge < -0.3 is 10.1 Å². The molecule has 0 unspecified atom stereocenters. The third-order valence-electron chi connectivity index (χ3n) is 3.52. The Morgan fingerprint density at radius 1 is 1.32 bits per heavy atom. The fraction of sp³-hybridized carbons (Fsp3) is 0.333. The van der Waals surface area contributed by atoms with Crippen molar-refractivity contribution >= 4 is 5.97 Å². The summed E-state index contributed by atoms with van der Waals surface area (Å²) in [7, 11) is 0. The van der Waals surface area contributed by atoms with Crippen molar-refractivity contribution in [3.05, 3.63) is 58.8 Å². The predicted octanol–water partition coefficient (Wildman–Crippen LogP) is 3.23. The van der Waals surface area contributed by atoms with Crippen LogP contribution in [-0.2, 0) is 16.1 Å². The van der Waals surface area contributed by atoms with Gasteiger partial charge in [-0.1, -0.05) is 30.3 Å². The maximum Gasteiger partial charge on any atom is 0.349 e. The Morgan fingerprint density at radius 3 is 2.77 bits per heavy atom. The van der Waals surface area contributed by atoms with Crippen LogP contribution in [0.4, 0.5) is 0 Å². The van der Waals surface area contributed by atoms with Gasteiger partial charge in [0, 0.05) is 12.2 Å². The van der Waals surface area contributed by atoms with E-state index in [2.05, 4.69) is 17.4 Å². The van der Waals surface area contributed by atoms with Crippen LogP contribution in [0.2, 0.25) is 0 Å². The number of nitrogens with one attached hydrogen (secondary N) is 1. The Balaban J connectivity index is 2.11. The van der Waals surface area contributed by atoms with Gasteiger partial charge in [-0.3, -0.25) is 0 Å². The van der Waals surface area contributed by atoms with Gasteiger partial charge in [-0.05, 0) is 43.4 Å². The number of hydrogen-bond donors (Lipinski definition) is 1. The number of nitrogens with zero attached hydrogens (tertiary/aromatic N) is 1. The summed E-state index contributed by atoms with van der Waals surface area (Å²) in [6.45, 7) is 2.75. The van der Waals surface area contributed by atoms with E-state index in [1.165, 1.54) is 5.56 Å². The second-order valence-corrected chi connectivity index (χ2v) is 5.09. The molecule has 1 aliphatic carbocycles. The van der Waals surface area contributed by atoms with Gasteiger partial charge in [0.25, 0.3) is 0 Å². The molecule has 114 valence electrons. The maximum absolute atomic E-state index is 11.8. The molecule has 0 radical (unpaired) electrons. The topological polar surface area (TPSA) is 62.1 Å². The summed E-state index contributed by atoms with van der Waals surface area (Å²) in [5.74, 6) is -0.527. The lowest BCUT2D eigenvalue weighted by Gasteiger charge is -2.18. The number of esters is 1. The molecule has 0 aliphatic heterocycles. The van der Waals surface area contributed by atoms with Crippen molar-refractivity contribution in [2.75, 3.05) is 6.61 Å². The minimum absolute atomic E-state index is 0.126. The monoisotopic (exact) mass is 296 g/mol. The van der Waals surface area contributed by atoms with E-state index in [0.717, 1.165) is 37.1 Å². The Bertz CT molecular complexity index is 624. The number of ether oxygens (including phenoxy) is 1. The molecular formula is C18H20N2O2. The molecule has 0 saturated carbocycles. The fourth-order valence-corrected chi connectivity index (χ4v) is 2.42. The second-order valence-electron chi connectivity index (χ2n) is 5.09. The van der Waals surface area contributed by atoms with Crippen molar-refractivity contribution in [1.29, 1.82) is 5.26 Å². The summed E-state index contributed by atoms with van der Waals surface area (Å²) in [6, 6.07) is 12.1. The van der Waals surface area contributed by atoms with Crippen LogP contribution in [-0.4, -0.2) is 12.6 Å². The summed E-state index contributed by atoms with van der Waals surface area (Å²) in [5, 5.41) is 12.6. The summed E-state index contributed by atoms with van der Waals surface area (Å²) < 4.78 is 4.94. The highest BCUT2D eigenvalue weighted by Crippen LogP contribution is 2.24. The number of carbonyl (C=O) groups excluding carboxylic acids is 1. The normalized spacial score (nSPS) is 16.3. The van der Waals surface area contributed by atoms with Crippen molar-refractivity contribution in [2.45, 2.75) is 32.7 Å². The van der Waals surface area contributed by atoms with Crippen LogP contribution < -0.4 is 5.32 Å². The molecule has 0 spiro atoms.